The number of piperidine rings is 2. The van der Waals surface area contributed by atoms with Crippen LogP contribution in [-0.2, 0) is 9.59 Å². The zero-order valence-electron chi connectivity index (χ0n) is 26.5. The van der Waals surface area contributed by atoms with Crippen molar-refractivity contribution in [3.05, 3.63) is 58.7 Å². The third-order valence-corrected chi connectivity index (χ3v) is 8.60. The summed E-state index contributed by atoms with van der Waals surface area (Å²) in [6, 6.07) is 12.4. The topological polar surface area (TPSA) is 64.7 Å². The molecule has 6 heteroatoms. The lowest BCUT2D eigenvalue weighted by Gasteiger charge is -2.34. The van der Waals surface area contributed by atoms with Gasteiger partial charge in [-0.25, -0.2) is 0 Å². The molecule has 2 N–H and O–H groups in total. The number of nitrogens with one attached hydrogen (secondary N) is 2. The van der Waals surface area contributed by atoms with Crippen LogP contribution in [0.2, 0.25) is 0 Å². The Labute approximate surface area is 264 Å². The number of carbonyl (C=O) groups is 2. The fourth-order valence-corrected chi connectivity index (χ4v) is 6.20. The summed E-state index contributed by atoms with van der Waals surface area (Å²) >= 11 is 0. The fraction of sp³-hybridized carbons (Fsp3) is 0.622. The number of likely N-dealkylation sites (tertiary alicyclic amines) is 2. The Morgan fingerprint density at radius 2 is 1.05 bits per heavy atom. The molecule has 0 saturated carbocycles. The van der Waals surface area contributed by atoms with E-state index < -0.39 is 0 Å². The van der Waals surface area contributed by atoms with Gasteiger partial charge in [-0.3, -0.25) is 19.4 Å². The summed E-state index contributed by atoms with van der Waals surface area (Å²) in [5, 5.41) is 6.33. The molecule has 0 aliphatic carbocycles. The summed E-state index contributed by atoms with van der Waals surface area (Å²) in [7, 11) is 0. The molecule has 2 amide bonds. The van der Waals surface area contributed by atoms with Crippen molar-refractivity contribution in [2.45, 2.75) is 126 Å². The van der Waals surface area contributed by atoms with Crippen molar-refractivity contribution in [1.29, 1.82) is 0 Å². The zero-order valence-corrected chi connectivity index (χ0v) is 26.5. The highest BCUT2D eigenvalue weighted by Gasteiger charge is 2.29. The van der Waals surface area contributed by atoms with Crippen LogP contribution in [0.25, 0.3) is 0 Å². The van der Waals surface area contributed by atoms with Gasteiger partial charge < -0.3 is 10.6 Å². The largest absolute Gasteiger partial charge is 0.324 e. The summed E-state index contributed by atoms with van der Waals surface area (Å²) in [5.41, 5.74) is 6.52. The number of rotatable bonds is 9. The molecule has 2 atom stereocenters. The molecule has 2 aromatic rings. The average molecular weight is 595 g/mol. The Balaban J connectivity index is 0.000000411. The van der Waals surface area contributed by atoms with E-state index in [1.54, 1.807) is 0 Å². The number of anilines is 2. The van der Waals surface area contributed by atoms with Crippen molar-refractivity contribution in [1.82, 2.24) is 9.80 Å². The number of unbranched alkanes of at least 4 members (excludes halogenated alkanes) is 1. The van der Waals surface area contributed by atoms with Gasteiger partial charge in [0.05, 0.1) is 12.1 Å². The number of amides is 2. The molecule has 0 bridgehead atoms. The molecule has 242 valence electrons. The molecule has 0 radical (unpaired) electrons. The van der Waals surface area contributed by atoms with Gasteiger partial charge in [-0.1, -0.05) is 84.4 Å². The zero-order chi connectivity index (χ0) is 29.8. The standard InChI is InChI=1S/C18H28N2O.C17H26N2O.2CH4/c1-4-5-12-20-13-7-6-11-16(20)18(21)19-17-14(2)9-8-10-15(17)3;1-4-11-19-12-6-5-10-15(19)17(20)18-16-13(2)8-7-9-14(16)3;;/h8-10,16H,4-7,11-13H2,1-3H3,(H,19,21);7-9,15H,4-6,10-12H2,1-3H3,(H,18,20);2*1H4. The van der Waals surface area contributed by atoms with Crippen LogP contribution in [0.5, 0.6) is 0 Å². The third kappa shape index (κ3) is 11.1. The lowest BCUT2D eigenvalue weighted by atomic mass is 10.00. The Kier molecular flexibility index (Phi) is 17.4. The van der Waals surface area contributed by atoms with Crippen molar-refractivity contribution >= 4 is 23.2 Å². The molecule has 2 saturated heterocycles. The van der Waals surface area contributed by atoms with E-state index in [0.29, 0.717) is 0 Å². The number of nitrogens with zero attached hydrogens (tertiary/aromatic N) is 2. The van der Waals surface area contributed by atoms with Crippen molar-refractivity contribution in [2.24, 2.45) is 0 Å². The highest BCUT2D eigenvalue weighted by atomic mass is 16.2. The minimum atomic E-state index is 0. The van der Waals surface area contributed by atoms with E-state index in [4.69, 9.17) is 0 Å². The lowest BCUT2D eigenvalue weighted by molar-refractivity contribution is -0.123. The predicted octanol–water partition coefficient (Wildman–Crippen LogP) is 8.68. The summed E-state index contributed by atoms with van der Waals surface area (Å²) < 4.78 is 0. The smallest absolute Gasteiger partial charge is 0.241 e. The van der Waals surface area contributed by atoms with Crippen LogP contribution >= 0.6 is 0 Å². The van der Waals surface area contributed by atoms with Gasteiger partial charge in [0.25, 0.3) is 0 Å². The molecule has 0 aromatic heterocycles. The van der Waals surface area contributed by atoms with Crippen LogP contribution in [0.15, 0.2) is 36.4 Å². The second-order valence-electron chi connectivity index (χ2n) is 12.0. The maximum Gasteiger partial charge on any atom is 0.241 e. The first-order valence-electron chi connectivity index (χ1n) is 16.0. The van der Waals surface area contributed by atoms with E-state index in [1.165, 1.54) is 25.7 Å². The summed E-state index contributed by atoms with van der Waals surface area (Å²) in [4.78, 5) is 30.0. The van der Waals surface area contributed by atoms with E-state index in [9.17, 15) is 9.59 Å². The van der Waals surface area contributed by atoms with E-state index in [1.807, 2.05) is 38.1 Å². The first kappa shape index (κ1) is 38.3. The minimum Gasteiger partial charge on any atom is -0.324 e. The highest BCUT2D eigenvalue weighted by molar-refractivity contribution is 5.96. The third-order valence-electron chi connectivity index (χ3n) is 8.60. The van der Waals surface area contributed by atoms with Gasteiger partial charge in [0.2, 0.25) is 11.8 Å². The van der Waals surface area contributed by atoms with Gasteiger partial charge in [0.15, 0.2) is 0 Å². The number of aryl methyl sites for hydroxylation is 4. The van der Waals surface area contributed by atoms with Crippen molar-refractivity contribution in [3.8, 4) is 0 Å². The Bertz CT molecular complexity index is 1090. The molecular weight excluding hydrogens is 532 g/mol. The monoisotopic (exact) mass is 594 g/mol. The summed E-state index contributed by atoms with van der Waals surface area (Å²) in [6.45, 7) is 16.8. The van der Waals surface area contributed by atoms with Gasteiger partial charge in [-0.05, 0) is 115 Å². The molecule has 2 aliphatic rings. The summed E-state index contributed by atoms with van der Waals surface area (Å²) in [6.07, 6.45) is 10.2. The molecule has 2 aromatic carbocycles. The first-order valence-corrected chi connectivity index (χ1v) is 16.0. The van der Waals surface area contributed by atoms with Crippen LogP contribution in [0.1, 0.15) is 109 Å². The van der Waals surface area contributed by atoms with Crippen LogP contribution in [0.4, 0.5) is 11.4 Å². The van der Waals surface area contributed by atoms with Gasteiger partial charge in [0.1, 0.15) is 0 Å². The normalized spacial score (nSPS) is 18.7. The predicted molar refractivity (Wildman–Crippen MR) is 186 cm³/mol. The molecular formula is C37H62N4O2. The van der Waals surface area contributed by atoms with Crippen LogP contribution in [0.3, 0.4) is 0 Å². The van der Waals surface area contributed by atoms with Gasteiger partial charge >= 0.3 is 0 Å². The molecule has 0 spiro atoms. The van der Waals surface area contributed by atoms with E-state index in [0.717, 1.165) is 91.9 Å². The molecule has 43 heavy (non-hydrogen) atoms. The number of hydrogen-bond acceptors (Lipinski definition) is 4. The Morgan fingerprint density at radius 3 is 1.42 bits per heavy atom. The van der Waals surface area contributed by atoms with E-state index >= 15 is 0 Å². The first-order chi connectivity index (χ1) is 19.8. The van der Waals surface area contributed by atoms with Gasteiger partial charge in [-0.2, -0.15) is 0 Å². The highest BCUT2D eigenvalue weighted by Crippen LogP contribution is 2.24. The number of benzene rings is 2. The molecule has 2 aliphatic heterocycles. The Hall–Kier alpha value is -2.70. The summed E-state index contributed by atoms with van der Waals surface area (Å²) in [5.74, 6) is 0.332. The van der Waals surface area contributed by atoms with Crippen molar-refractivity contribution < 1.29 is 9.59 Å². The van der Waals surface area contributed by atoms with E-state index in [-0.39, 0.29) is 38.8 Å². The number of para-hydroxylation sites is 2. The molecule has 6 nitrogen and oxygen atoms in total. The van der Waals surface area contributed by atoms with Gasteiger partial charge in [-0.15, -0.1) is 0 Å². The maximum atomic E-state index is 12.7. The van der Waals surface area contributed by atoms with Crippen LogP contribution in [0, 0.1) is 27.7 Å². The number of carbonyl (C=O) groups excluding carboxylic acids is 2. The van der Waals surface area contributed by atoms with Crippen LogP contribution in [-0.4, -0.2) is 59.9 Å². The Morgan fingerprint density at radius 1 is 0.651 bits per heavy atom. The van der Waals surface area contributed by atoms with Crippen molar-refractivity contribution in [2.75, 3.05) is 36.8 Å². The SMILES string of the molecule is C.C.CCCCN1CCCCC1C(=O)Nc1c(C)cccc1C.CCCN1CCCCC1C(=O)Nc1c(C)cccc1C. The average Bonchev–Trinajstić information content (AvgIpc) is 2.97. The second-order valence-corrected chi connectivity index (χ2v) is 12.0. The molecule has 2 heterocycles. The molecule has 2 unspecified atom stereocenters. The molecule has 4 rings (SSSR count). The van der Waals surface area contributed by atoms with E-state index in [2.05, 4.69) is 60.3 Å². The minimum absolute atomic E-state index is 0. The quantitative estimate of drug-likeness (QED) is 0.305. The lowest BCUT2D eigenvalue weighted by Crippen LogP contribution is -2.47. The van der Waals surface area contributed by atoms with Crippen molar-refractivity contribution in [3.63, 3.8) is 0 Å². The van der Waals surface area contributed by atoms with Gasteiger partial charge in [0, 0.05) is 11.4 Å². The molecule has 2 fully saturated rings. The fourth-order valence-electron chi connectivity index (χ4n) is 6.20. The second kappa shape index (κ2) is 19.6. The van der Waals surface area contributed by atoms with Crippen LogP contribution < -0.4 is 10.6 Å². The maximum absolute atomic E-state index is 12.7. The number of hydrogen-bond donors (Lipinski definition) is 2.